The Kier molecular flexibility index (Phi) is 4.98. The third-order valence-electron chi connectivity index (χ3n) is 3.22. The summed E-state index contributed by atoms with van der Waals surface area (Å²) in [6, 6.07) is 7.85. The van der Waals surface area contributed by atoms with Gasteiger partial charge in [0.1, 0.15) is 0 Å². The van der Waals surface area contributed by atoms with Crippen LogP contribution in [0.15, 0.2) is 24.3 Å². The first-order valence-electron chi connectivity index (χ1n) is 6.40. The van der Waals surface area contributed by atoms with E-state index in [1.165, 1.54) is 0 Å². The molecule has 0 spiro atoms. The van der Waals surface area contributed by atoms with Crippen LogP contribution in [0.5, 0.6) is 0 Å². The van der Waals surface area contributed by atoms with E-state index in [0.717, 1.165) is 11.3 Å². The summed E-state index contributed by atoms with van der Waals surface area (Å²) in [5.74, 6) is 0.153. The van der Waals surface area contributed by atoms with Crippen molar-refractivity contribution in [3.05, 3.63) is 29.8 Å². The summed E-state index contributed by atoms with van der Waals surface area (Å²) in [6.45, 7) is 6.17. The minimum atomic E-state index is -3.08. The second-order valence-corrected chi connectivity index (χ2v) is 8.59. The van der Waals surface area contributed by atoms with Crippen LogP contribution in [-0.2, 0) is 16.4 Å². The molecule has 0 heterocycles. The molecule has 0 saturated carbocycles. The molecule has 19 heavy (non-hydrogen) atoms. The molecule has 5 heteroatoms. The van der Waals surface area contributed by atoms with E-state index in [9.17, 15) is 8.42 Å². The predicted molar refractivity (Wildman–Crippen MR) is 81.1 cm³/mol. The van der Waals surface area contributed by atoms with Crippen molar-refractivity contribution < 1.29 is 8.42 Å². The largest absolute Gasteiger partial charge is 0.374 e. The van der Waals surface area contributed by atoms with Gasteiger partial charge in [0.25, 0.3) is 0 Å². The number of hydrogen-bond donors (Lipinski definition) is 1. The average Bonchev–Trinajstić information content (AvgIpc) is 2.34. The molecule has 0 amide bonds. The van der Waals surface area contributed by atoms with E-state index in [4.69, 9.17) is 5.73 Å². The lowest BCUT2D eigenvalue weighted by Gasteiger charge is -2.24. The van der Waals surface area contributed by atoms with Gasteiger partial charge >= 0.3 is 0 Å². The third-order valence-corrected chi connectivity index (χ3v) is 5.80. The summed E-state index contributed by atoms with van der Waals surface area (Å²) < 4.78 is 23.4. The van der Waals surface area contributed by atoms with Crippen molar-refractivity contribution in [2.75, 3.05) is 24.2 Å². The van der Waals surface area contributed by atoms with E-state index in [2.05, 4.69) is 0 Å². The Morgan fingerprint density at radius 1 is 1.26 bits per heavy atom. The van der Waals surface area contributed by atoms with Gasteiger partial charge in [-0.25, -0.2) is 8.42 Å². The van der Waals surface area contributed by atoms with Crippen molar-refractivity contribution in [1.82, 2.24) is 0 Å². The molecule has 0 saturated heterocycles. The molecule has 1 rings (SSSR count). The van der Waals surface area contributed by atoms with Crippen molar-refractivity contribution in [1.29, 1.82) is 0 Å². The van der Waals surface area contributed by atoms with Crippen molar-refractivity contribution in [2.45, 2.75) is 32.1 Å². The lowest BCUT2D eigenvalue weighted by atomic mass is 10.2. The number of hydrogen-bond acceptors (Lipinski definition) is 4. The van der Waals surface area contributed by atoms with Crippen LogP contribution in [0.2, 0.25) is 0 Å². The molecule has 0 aliphatic heterocycles. The fraction of sp³-hybridized carbons (Fsp3) is 0.571. The molecule has 0 aliphatic carbocycles. The average molecular weight is 284 g/mol. The van der Waals surface area contributed by atoms with Gasteiger partial charge in [0, 0.05) is 25.8 Å². The first-order valence-corrected chi connectivity index (χ1v) is 8.05. The third kappa shape index (κ3) is 4.21. The van der Waals surface area contributed by atoms with E-state index in [1.807, 2.05) is 36.2 Å². The first-order chi connectivity index (χ1) is 8.67. The molecular formula is C14H24N2O2S. The Hall–Kier alpha value is -1.07. The molecule has 0 bridgehead atoms. The van der Waals surface area contributed by atoms with Gasteiger partial charge in [0.2, 0.25) is 0 Å². The Labute approximate surface area is 116 Å². The Morgan fingerprint density at radius 3 is 2.42 bits per heavy atom. The van der Waals surface area contributed by atoms with Gasteiger partial charge in [-0.3, -0.25) is 0 Å². The highest BCUT2D eigenvalue weighted by Gasteiger charge is 2.28. The summed E-state index contributed by atoms with van der Waals surface area (Å²) in [5.41, 5.74) is 7.64. The standard InChI is InChI=1S/C14H24N2O2S/c1-14(2,3)19(17,18)9-8-16(4)13-7-5-6-12(10-13)11-15/h5-7,10H,8-9,11,15H2,1-4H3. The summed E-state index contributed by atoms with van der Waals surface area (Å²) in [7, 11) is -1.19. The molecule has 0 fully saturated rings. The van der Waals surface area contributed by atoms with E-state index in [-0.39, 0.29) is 5.75 Å². The number of benzene rings is 1. The second-order valence-electron chi connectivity index (χ2n) is 5.73. The minimum absolute atomic E-state index is 0.153. The van der Waals surface area contributed by atoms with Crippen LogP contribution in [0.1, 0.15) is 26.3 Å². The summed E-state index contributed by atoms with van der Waals surface area (Å²) in [5, 5.41) is 0. The molecule has 4 nitrogen and oxygen atoms in total. The molecule has 0 atom stereocenters. The van der Waals surface area contributed by atoms with Crippen molar-refractivity contribution in [2.24, 2.45) is 5.73 Å². The van der Waals surface area contributed by atoms with Crippen LogP contribution in [-0.4, -0.2) is 32.5 Å². The second kappa shape index (κ2) is 5.92. The number of sulfone groups is 1. The predicted octanol–water partition coefficient (Wildman–Crippen LogP) is 1.79. The summed E-state index contributed by atoms with van der Waals surface area (Å²) in [6.07, 6.45) is 0. The lowest BCUT2D eigenvalue weighted by Crippen LogP contribution is -2.35. The monoisotopic (exact) mass is 284 g/mol. The molecule has 1 aromatic rings. The maximum atomic E-state index is 12.1. The highest BCUT2D eigenvalue weighted by Crippen LogP contribution is 2.18. The fourth-order valence-electron chi connectivity index (χ4n) is 1.61. The Balaban J connectivity index is 2.73. The van der Waals surface area contributed by atoms with E-state index < -0.39 is 14.6 Å². The van der Waals surface area contributed by atoms with Crippen LogP contribution in [0.25, 0.3) is 0 Å². The van der Waals surface area contributed by atoms with Gasteiger partial charge in [-0.05, 0) is 38.5 Å². The van der Waals surface area contributed by atoms with Gasteiger partial charge < -0.3 is 10.6 Å². The maximum Gasteiger partial charge on any atom is 0.156 e. The van der Waals surface area contributed by atoms with Gasteiger partial charge in [-0.1, -0.05) is 12.1 Å². The minimum Gasteiger partial charge on any atom is -0.374 e. The molecule has 108 valence electrons. The van der Waals surface area contributed by atoms with E-state index in [0.29, 0.717) is 13.1 Å². The molecule has 0 aromatic heterocycles. The molecule has 1 aromatic carbocycles. The molecule has 0 aliphatic rings. The molecule has 0 radical (unpaired) electrons. The quantitative estimate of drug-likeness (QED) is 0.895. The number of nitrogens with zero attached hydrogens (tertiary/aromatic N) is 1. The van der Waals surface area contributed by atoms with E-state index in [1.54, 1.807) is 20.8 Å². The summed E-state index contributed by atoms with van der Waals surface area (Å²) in [4.78, 5) is 1.95. The van der Waals surface area contributed by atoms with Gasteiger partial charge in [0.05, 0.1) is 10.5 Å². The number of rotatable bonds is 5. The zero-order chi connectivity index (χ0) is 14.7. The van der Waals surface area contributed by atoms with Gasteiger partial charge in [-0.2, -0.15) is 0 Å². The SMILES string of the molecule is CN(CCS(=O)(=O)C(C)(C)C)c1cccc(CN)c1. The van der Waals surface area contributed by atoms with Crippen molar-refractivity contribution in [3.63, 3.8) is 0 Å². The number of nitrogens with two attached hydrogens (primary N) is 1. The number of anilines is 1. The topological polar surface area (TPSA) is 63.4 Å². The first kappa shape index (κ1) is 16.0. The Morgan fingerprint density at radius 2 is 1.89 bits per heavy atom. The molecule has 2 N–H and O–H groups in total. The van der Waals surface area contributed by atoms with Gasteiger partial charge in [0.15, 0.2) is 9.84 Å². The van der Waals surface area contributed by atoms with E-state index >= 15 is 0 Å². The maximum absolute atomic E-state index is 12.1. The smallest absolute Gasteiger partial charge is 0.156 e. The highest BCUT2D eigenvalue weighted by molar-refractivity contribution is 7.92. The van der Waals surface area contributed by atoms with Crippen LogP contribution in [0.3, 0.4) is 0 Å². The van der Waals surface area contributed by atoms with Crippen molar-refractivity contribution >= 4 is 15.5 Å². The summed E-state index contributed by atoms with van der Waals surface area (Å²) >= 11 is 0. The van der Waals surface area contributed by atoms with Crippen LogP contribution < -0.4 is 10.6 Å². The normalized spacial score (nSPS) is 12.5. The van der Waals surface area contributed by atoms with Crippen molar-refractivity contribution in [3.8, 4) is 0 Å². The van der Waals surface area contributed by atoms with Crippen LogP contribution in [0, 0.1) is 0 Å². The molecule has 0 unspecified atom stereocenters. The van der Waals surface area contributed by atoms with Crippen LogP contribution in [0.4, 0.5) is 5.69 Å². The van der Waals surface area contributed by atoms with Gasteiger partial charge in [-0.15, -0.1) is 0 Å². The lowest BCUT2D eigenvalue weighted by molar-refractivity contribution is 0.559. The fourth-order valence-corrected chi connectivity index (χ4v) is 2.74. The Bertz CT molecular complexity index is 518. The highest BCUT2D eigenvalue weighted by atomic mass is 32.2. The zero-order valence-electron chi connectivity index (χ0n) is 12.2. The van der Waals surface area contributed by atoms with Crippen LogP contribution >= 0.6 is 0 Å². The zero-order valence-corrected chi connectivity index (χ0v) is 13.0. The molecular weight excluding hydrogens is 260 g/mol.